The van der Waals surface area contributed by atoms with Crippen LogP contribution in [0.3, 0.4) is 0 Å². The van der Waals surface area contributed by atoms with Crippen molar-refractivity contribution in [1.29, 1.82) is 0 Å². The number of rotatable bonds is 6. The van der Waals surface area contributed by atoms with Gasteiger partial charge in [0.2, 0.25) is 10.0 Å². The van der Waals surface area contributed by atoms with E-state index < -0.39 is 15.6 Å². The molecule has 0 saturated heterocycles. The molecule has 92 valence electrons. The Morgan fingerprint density at radius 2 is 2.12 bits per heavy atom. The Morgan fingerprint density at radius 1 is 1.44 bits per heavy atom. The van der Waals surface area contributed by atoms with Crippen molar-refractivity contribution in [3.05, 3.63) is 24.0 Å². The summed E-state index contributed by atoms with van der Waals surface area (Å²) in [6.07, 6.45) is 4.93. The molecule has 0 spiro atoms. The highest BCUT2D eigenvalue weighted by Gasteiger charge is 2.21. The quantitative estimate of drug-likeness (QED) is 0.680. The van der Waals surface area contributed by atoms with Crippen LogP contribution in [0.1, 0.15) is 19.4 Å². The lowest BCUT2D eigenvalue weighted by atomic mass is 10.1. The SMILES string of the molecule is CC(C)(CNCc1cc[nH]c1)NS(C)(=O)=O. The van der Waals surface area contributed by atoms with E-state index in [1.54, 1.807) is 0 Å². The second kappa shape index (κ2) is 4.99. The zero-order chi connectivity index (χ0) is 12.2. The largest absolute Gasteiger partial charge is 0.367 e. The van der Waals surface area contributed by atoms with E-state index in [9.17, 15) is 8.42 Å². The molecule has 1 aromatic heterocycles. The molecule has 0 saturated carbocycles. The van der Waals surface area contributed by atoms with Gasteiger partial charge in [-0.3, -0.25) is 0 Å². The predicted octanol–water partition coefficient (Wildman–Crippen LogP) is 0.432. The lowest BCUT2D eigenvalue weighted by Gasteiger charge is -2.25. The highest BCUT2D eigenvalue weighted by molar-refractivity contribution is 7.88. The van der Waals surface area contributed by atoms with E-state index in [0.717, 1.165) is 12.1 Å². The second-order valence-electron chi connectivity index (χ2n) is 4.58. The number of H-pyrrole nitrogens is 1. The zero-order valence-electron chi connectivity index (χ0n) is 9.87. The minimum Gasteiger partial charge on any atom is -0.367 e. The van der Waals surface area contributed by atoms with Crippen LogP contribution in [0.5, 0.6) is 0 Å². The van der Waals surface area contributed by atoms with E-state index in [2.05, 4.69) is 15.0 Å². The van der Waals surface area contributed by atoms with Gasteiger partial charge >= 0.3 is 0 Å². The Bertz CT molecular complexity index is 409. The summed E-state index contributed by atoms with van der Waals surface area (Å²) < 4.78 is 24.8. The van der Waals surface area contributed by atoms with Gasteiger partial charge in [-0.05, 0) is 25.5 Å². The highest BCUT2D eigenvalue weighted by atomic mass is 32.2. The van der Waals surface area contributed by atoms with Crippen LogP contribution in [0.4, 0.5) is 0 Å². The Morgan fingerprint density at radius 3 is 2.62 bits per heavy atom. The summed E-state index contributed by atoms with van der Waals surface area (Å²) in [4.78, 5) is 2.96. The van der Waals surface area contributed by atoms with E-state index in [-0.39, 0.29) is 0 Å². The van der Waals surface area contributed by atoms with Gasteiger partial charge in [0.1, 0.15) is 0 Å². The fourth-order valence-electron chi connectivity index (χ4n) is 1.53. The van der Waals surface area contributed by atoms with Crippen molar-refractivity contribution in [2.24, 2.45) is 0 Å². The topological polar surface area (TPSA) is 74.0 Å². The van der Waals surface area contributed by atoms with Crippen molar-refractivity contribution in [3.63, 3.8) is 0 Å². The third-order valence-electron chi connectivity index (χ3n) is 2.02. The molecule has 1 aromatic rings. The number of hydrogen-bond donors (Lipinski definition) is 3. The Labute approximate surface area is 96.7 Å². The van der Waals surface area contributed by atoms with Crippen molar-refractivity contribution < 1.29 is 8.42 Å². The van der Waals surface area contributed by atoms with Gasteiger partial charge in [-0.1, -0.05) is 0 Å². The molecule has 0 radical (unpaired) electrons. The summed E-state index contributed by atoms with van der Waals surface area (Å²) >= 11 is 0. The Hall–Kier alpha value is -0.850. The number of aromatic amines is 1. The summed E-state index contributed by atoms with van der Waals surface area (Å²) in [5.74, 6) is 0. The van der Waals surface area contributed by atoms with Crippen LogP contribution in [0.25, 0.3) is 0 Å². The fourth-order valence-corrected chi connectivity index (χ4v) is 2.60. The van der Waals surface area contributed by atoms with Crippen molar-refractivity contribution in [3.8, 4) is 0 Å². The van der Waals surface area contributed by atoms with Crippen molar-refractivity contribution in [2.75, 3.05) is 12.8 Å². The van der Waals surface area contributed by atoms with E-state index in [1.807, 2.05) is 32.3 Å². The lowest BCUT2D eigenvalue weighted by molar-refractivity contribution is 0.421. The molecule has 5 nitrogen and oxygen atoms in total. The maximum absolute atomic E-state index is 11.1. The molecular weight excluding hydrogens is 226 g/mol. The van der Waals surface area contributed by atoms with Gasteiger partial charge in [-0.15, -0.1) is 0 Å². The predicted molar refractivity (Wildman–Crippen MR) is 64.6 cm³/mol. The summed E-state index contributed by atoms with van der Waals surface area (Å²) in [5.41, 5.74) is 0.666. The van der Waals surface area contributed by atoms with E-state index >= 15 is 0 Å². The van der Waals surface area contributed by atoms with Crippen LogP contribution < -0.4 is 10.0 Å². The summed E-state index contributed by atoms with van der Waals surface area (Å²) in [5, 5.41) is 3.20. The van der Waals surface area contributed by atoms with Crippen LogP contribution in [-0.2, 0) is 16.6 Å². The number of sulfonamides is 1. The molecule has 1 heterocycles. The molecular formula is C10H19N3O2S. The van der Waals surface area contributed by atoms with Gasteiger partial charge in [0, 0.05) is 31.0 Å². The monoisotopic (exact) mass is 245 g/mol. The molecule has 0 atom stereocenters. The number of aromatic nitrogens is 1. The van der Waals surface area contributed by atoms with Gasteiger partial charge in [-0.2, -0.15) is 0 Å². The first kappa shape index (κ1) is 13.2. The molecule has 1 rings (SSSR count). The van der Waals surface area contributed by atoms with Crippen LogP contribution in [0.2, 0.25) is 0 Å². The highest BCUT2D eigenvalue weighted by Crippen LogP contribution is 2.03. The number of hydrogen-bond acceptors (Lipinski definition) is 3. The molecule has 16 heavy (non-hydrogen) atoms. The third kappa shape index (κ3) is 5.29. The molecule has 0 unspecified atom stereocenters. The van der Waals surface area contributed by atoms with Gasteiger partial charge in [0.15, 0.2) is 0 Å². The molecule has 0 amide bonds. The lowest BCUT2D eigenvalue weighted by Crippen LogP contribution is -2.49. The Kier molecular flexibility index (Phi) is 4.12. The first-order valence-corrected chi connectivity index (χ1v) is 6.99. The summed E-state index contributed by atoms with van der Waals surface area (Å²) in [7, 11) is -3.16. The second-order valence-corrected chi connectivity index (χ2v) is 6.33. The van der Waals surface area contributed by atoms with Gasteiger partial charge in [0.05, 0.1) is 6.26 Å². The molecule has 0 aliphatic heterocycles. The van der Waals surface area contributed by atoms with Gasteiger partial charge in [-0.25, -0.2) is 13.1 Å². The third-order valence-corrected chi connectivity index (χ3v) is 2.94. The fraction of sp³-hybridized carbons (Fsp3) is 0.600. The molecule has 0 fully saturated rings. The first-order chi connectivity index (χ1) is 7.29. The van der Waals surface area contributed by atoms with E-state index in [0.29, 0.717) is 6.54 Å². The number of nitrogens with one attached hydrogen (secondary N) is 3. The van der Waals surface area contributed by atoms with E-state index in [1.165, 1.54) is 6.26 Å². The van der Waals surface area contributed by atoms with Crippen LogP contribution in [-0.4, -0.2) is 31.7 Å². The maximum Gasteiger partial charge on any atom is 0.209 e. The molecule has 3 N–H and O–H groups in total. The van der Waals surface area contributed by atoms with Crippen molar-refractivity contribution >= 4 is 10.0 Å². The smallest absolute Gasteiger partial charge is 0.209 e. The Balaban J connectivity index is 2.36. The van der Waals surface area contributed by atoms with Gasteiger partial charge < -0.3 is 10.3 Å². The van der Waals surface area contributed by atoms with Crippen LogP contribution in [0.15, 0.2) is 18.5 Å². The van der Waals surface area contributed by atoms with Gasteiger partial charge in [0.25, 0.3) is 0 Å². The molecule has 0 aliphatic rings. The van der Waals surface area contributed by atoms with E-state index in [4.69, 9.17) is 0 Å². The summed E-state index contributed by atoms with van der Waals surface area (Å²) in [6.45, 7) is 4.99. The molecule has 0 aromatic carbocycles. The average molecular weight is 245 g/mol. The maximum atomic E-state index is 11.1. The average Bonchev–Trinajstić information content (AvgIpc) is 2.51. The molecule has 6 heteroatoms. The van der Waals surface area contributed by atoms with Crippen LogP contribution in [0, 0.1) is 0 Å². The molecule has 0 bridgehead atoms. The first-order valence-electron chi connectivity index (χ1n) is 5.10. The standard InChI is InChI=1S/C10H19N3O2S/c1-10(2,13-16(3,14)15)8-12-7-9-4-5-11-6-9/h4-6,11-13H,7-8H2,1-3H3. The van der Waals surface area contributed by atoms with Crippen molar-refractivity contribution in [1.82, 2.24) is 15.0 Å². The molecule has 0 aliphatic carbocycles. The van der Waals surface area contributed by atoms with Crippen molar-refractivity contribution in [2.45, 2.75) is 25.9 Å². The normalized spacial score (nSPS) is 12.9. The minimum absolute atomic E-state index is 0.482. The zero-order valence-corrected chi connectivity index (χ0v) is 10.7. The summed E-state index contributed by atoms with van der Waals surface area (Å²) in [6, 6.07) is 1.98. The van der Waals surface area contributed by atoms with Crippen LogP contribution >= 0.6 is 0 Å². The minimum atomic E-state index is -3.16.